The predicted molar refractivity (Wildman–Crippen MR) is 150 cm³/mol. The number of likely N-dealkylation sites (tertiary alicyclic amines) is 1. The van der Waals surface area contributed by atoms with Gasteiger partial charge in [0.25, 0.3) is 15.9 Å². The minimum absolute atomic E-state index is 0.000548. The van der Waals surface area contributed by atoms with Crippen LogP contribution in [0.25, 0.3) is 0 Å². The number of nitrogens with one attached hydrogen (secondary N) is 1. The van der Waals surface area contributed by atoms with E-state index in [1.807, 2.05) is 0 Å². The fourth-order valence-electron chi connectivity index (χ4n) is 4.10. The number of hydrogen-bond acceptors (Lipinski definition) is 4. The molecule has 194 valence electrons. The van der Waals surface area contributed by atoms with Gasteiger partial charge in [0.2, 0.25) is 5.91 Å². The van der Waals surface area contributed by atoms with E-state index in [-0.39, 0.29) is 28.2 Å². The third-order valence-corrected chi connectivity index (χ3v) is 9.79. The summed E-state index contributed by atoms with van der Waals surface area (Å²) in [5.74, 6) is -0.694. The summed E-state index contributed by atoms with van der Waals surface area (Å²) >= 11 is 15.3. The van der Waals surface area contributed by atoms with Crippen molar-refractivity contribution in [3.05, 3.63) is 86.8 Å². The Balaban J connectivity index is 1.44. The van der Waals surface area contributed by atoms with E-state index in [1.165, 1.54) is 17.4 Å². The number of sulfonamides is 1. The SMILES string of the molecule is CN(c1ccccc1)S(=O)(=O)c1cc(C(=O)N2CCC(C(=O)Nc3ccc(Cl)c(Cl)c3)CC2)ccc1Br. The summed E-state index contributed by atoms with van der Waals surface area (Å²) in [5, 5.41) is 3.61. The summed E-state index contributed by atoms with van der Waals surface area (Å²) in [5.41, 5.74) is 1.33. The Hall–Kier alpha value is -2.59. The first kappa shape index (κ1) is 27.4. The van der Waals surface area contributed by atoms with Crippen molar-refractivity contribution in [2.45, 2.75) is 17.7 Å². The molecule has 0 unspecified atom stereocenters. The van der Waals surface area contributed by atoms with Crippen molar-refractivity contribution in [2.24, 2.45) is 5.92 Å². The minimum Gasteiger partial charge on any atom is -0.339 e. The summed E-state index contributed by atoms with van der Waals surface area (Å²) in [7, 11) is -2.45. The van der Waals surface area contributed by atoms with Crippen LogP contribution in [-0.2, 0) is 14.8 Å². The Morgan fingerprint density at radius 1 is 0.973 bits per heavy atom. The lowest BCUT2D eigenvalue weighted by atomic mass is 9.95. The van der Waals surface area contributed by atoms with Gasteiger partial charge in [-0.05, 0) is 77.3 Å². The van der Waals surface area contributed by atoms with Crippen LogP contribution in [0.1, 0.15) is 23.2 Å². The van der Waals surface area contributed by atoms with Gasteiger partial charge in [0.15, 0.2) is 0 Å². The van der Waals surface area contributed by atoms with Crippen LogP contribution < -0.4 is 9.62 Å². The highest BCUT2D eigenvalue weighted by molar-refractivity contribution is 9.10. The highest BCUT2D eigenvalue weighted by atomic mass is 79.9. The van der Waals surface area contributed by atoms with Crippen LogP contribution in [0.4, 0.5) is 11.4 Å². The summed E-state index contributed by atoms with van der Waals surface area (Å²) in [4.78, 5) is 27.6. The van der Waals surface area contributed by atoms with Gasteiger partial charge < -0.3 is 10.2 Å². The van der Waals surface area contributed by atoms with Crippen LogP contribution in [0, 0.1) is 5.92 Å². The predicted octanol–water partition coefficient (Wildman–Crippen LogP) is 6.07. The topological polar surface area (TPSA) is 86.8 Å². The Morgan fingerprint density at radius 3 is 2.30 bits per heavy atom. The zero-order valence-corrected chi connectivity index (χ0v) is 23.7. The summed E-state index contributed by atoms with van der Waals surface area (Å²) < 4.78 is 28.2. The minimum atomic E-state index is -3.92. The van der Waals surface area contributed by atoms with E-state index in [0.717, 1.165) is 0 Å². The van der Waals surface area contributed by atoms with Crippen molar-refractivity contribution in [1.29, 1.82) is 0 Å². The number of anilines is 2. The van der Waals surface area contributed by atoms with Gasteiger partial charge in [0.1, 0.15) is 4.90 Å². The van der Waals surface area contributed by atoms with Gasteiger partial charge in [-0.15, -0.1) is 0 Å². The van der Waals surface area contributed by atoms with E-state index < -0.39 is 10.0 Å². The van der Waals surface area contributed by atoms with Crippen molar-refractivity contribution < 1.29 is 18.0 Å². The molecule has 1 saturated heterocycles. The number of benzene rings is 3. The molecule has 37 heavy (non-hydrogen) atoms. The molecular weight excluding hydrogens is 601 g/mol. The summed E-state index contributed by atoms with van der Waals surface area (Å²) in [6.07, 6.45) is 0.967. The summed E-state index contributed by atoms with van der Waals surface area (Å²) in [6, 6.07) is 18.1. The molecule has 11 heteroatoms. The van der Waals surface area contributed by atoms with E-state index >= 15 is 0 Å². The van der Waals surface area contributed by atoms with Crippen molar-refractivity contribution >= 4 is 72.3 Å². The number of amides is 2. The van der Waals surface area contributed by atoms with Crippen LogP contribution in [0.15, 0.2) is 76.1 Å². The van der Waals surface area contributed by atoms with E-state index in [4.69, 9.17) is 23.2 Å². The normalized spacial score (nSPS) is 14.3. The molecule has 1 N–H and O–H groups in total. The van der Waals surface area contributed by atoms with Gasteiger partial charge in [-0.1, -0.05) is 41.4 Å². The standard InChI is InChI=1S/C26H24BrCl2N3O4S/c1-31(20-5-3-2-4-6-20)37(35,36)24-15-18(7-9-21(24)27)26(34)32-13-11-17(12-14-32)25(33)30-19-8-10-22(28)23(29)16-19/h2-10,15-17H,11-14H2,1H3,(H,30,33). The average molecular weight is 625 g/mol. The maximum atomic E-state index is 13.3. The highest BCUT2D eigenvalue weighted by Crippen LogP contribution is 2.30. The first-order chi connectivity index (χ1) is 17.6. The largest absolute Gasteiger partial charge is 0.339 e. The van der Waals surface area contributed by atoms with Crippen molar-refractivity contribution in [1.82, 2.24) is 4.90 Å². The molecule has 0 saturated carbocycles. The van der Waals surface area contributed by atoms with Crippen LogP contribution >= 0.6 is 39.1 Å². The fourth-order valence-corrected chi connectivity index (χ4v) is 6.55. The Morgan fingerprint density at radius 2 is 1.65 bits per heavy atom. The molecule has 0 spiro atoms. The van der Waals surface area contributed by atoms with E-state index in [9.17, 15) is 18.0 Å². The average Bonchev–Trinajstić information content (AvgIpc) is 2.90. The third-order valence-electron chi connectivity index (χ3n) is 6.28. The molecule has 1 aliphatic rings. The van der Waals surface area contributed by atoms with Crippen molar-refractivity contribution in [3.8, 4) is 0 Å². The Kier molecular flexibility index (Phi) is 8.48. The molecule has 3 aromatic rings. The van der Waals surface area contributed by atoms with Crippen LogP contribution in [0.3, 0.4) is 0 Å². The first-order valence-electron chi connectivity index (χ1n) is 11.5. The van der Waals surface area contributed by atoms with Crippen LogP contribution in [-0.4, -0.2) is 45.3 Å². The number of carbonyl (C=O) groups is 2. The number of para-hydroxylation sites is 1. The Bertz CT molecular complexity index is 1430. The zero-order chi connectivity index (χ0) is 26.7. The molecule has 1 heterocycles. The van der Waals surface area contributed by atoms with Gasteiger partial charge in [-0.25, -0.2) is 8.42 Å². The number of nitrogens with zero attached hydrogens (tertiary/aromatic N) is 2. The maximum Gasteiger partial charge on any atom is 0.265 e. The molecule has 0 aliphatic carbocycles. The number of rotatable bonds is 6. The molecular formula is C26H24BrCl2N3O4S. The van der Waals surface area contributed by atoms with Gasteiger partial charge in [0.05, 0.1) is 15.7 Å². The number of hydrogen-bond donors (Lipinski definition) is 1. The number of carbonyl (C=O) groups excluding carboxylic acids is 2. The summed E-state index contributed by atoms with van der Waals surface area (Å²) in [6.45, 7) is 0.751. The lowest BCUT2D eigenvalue weighted by Crippen LogP contribution is -2.41. The molecule has 0 radical (unpaired) electrons. The lowest BCUT2D eigenvalue weighted by Gasteiger charge is -2.31. The molecule has 1 fully saturated rings. The molecule has 3 aromatic carbocycles. The Labute approximate surface area is 234 Å². The van der Waals surface area contributed by atoms with Gasteiger partial charge in [0, 0.05) is 41.8 Å². The third kappa shape index (κ3) is 6.12. The molecule has 7 nitrogen and oxygen atoms in total. The van der Waals surface area contributed by atoms with Crippen LogP contribution in [0.5, 0.6) is 0 Å². The second-order valence-corrected chi connectivity index (χ2v) is 12.2. The molecule has 0 atom stereocenters. The second kappa shape index (κ2) is 11.4. The zero-order valence-electron chi connectivity index (χ0n) is 19.8. The van der Waals surface area contributed by atoms with Gasteiger partial charge in [-0.3, -0.25) is 13.9 Å². The maximum absolute atomic E-state index is 13.3. The molecule has 4 rings (SSSR count). The van der Waals surface area contributed by atoms with E-state index in [2.05, 4.69) is 21.2 Å². The quantitative estimate of drug-likeness (QED) is 0.361. The van der Waals surface area contributed by atoms with Crippen LogP contribution in [0.2, 0.25) is 10.0 Å². The fraction of sp³-hybridized carbons (Fsp3) is 0.231. The number of piperidine rings is 1. The molecule has 1 aliphatic heterocycles. The van der Waals surface area contributed by atoms with Crippen molar-refractivity contribution in [2.75, 3.05) is 29.8 Å². The second-order valence-electron chi connectivity index (χ2n) is 8.64. The smallest absolute Gasteiger partial charge is 0.265 e. The van der Waals surface area contributed by atoms with Gasteiger partial charge in [-0.2, -0.15) is 0 Å². The van der Waals surface area contributed by atoms with Gasteiger partial charge >= 0.3 is 0 Å². The first-order valence-corrected chi connectivity index (χ1v) is 14.5. The molecule has 0 aromatic heterocycles. The molecule has 0 bridgehead atoms. The molecule has 2 amide bonds. The van der Waals surface area contributed by atoms with E-state index in [1.54, 1.807) is 65.6 Å². The van der Waals surface area contributed by atoms with Crippen molar-refractivity contribution in [3.63, 3.8) is 0 Å². The lowest BCUT2D eigenvalue weighted by molar-refractivity contribution is -0.121. The van der Waals surface area contributed by atoms with E-state index in [0.29, 0.717) is 51.8 Å². The number of halogens is 3. The monoisotopic (exact) mass is 623 g/mol. The highest BCUT2D eigenvalue weighted by Gasteiger charge is 2.30.